The van der Waals surface area contributed by atoms with Crippen molar-refractivity contribution in [1.29, 1.82) is 0 Å². The van der Waals surface area contributed by atoms with E-state index in [2.05, 4.69) is 23.6 Å². The third kappa shape index (κ3) is 2.83. The molecule has 0 bridgehead atoms. The summed E-state index contributed by atoms with van der Waals surface area (Å²) in [5.41, 5.74) is 1.18. The van der Waals surface area contributed by atoms with E-state index in [-0.39, 0.29) is 5.97 Å². The van der Waals surface area contributed by atoms with Crippen LogP contribution in [0.3, 0.4) is 0 Å². The van der Waals surface area contributed by atoms with Crippen molar-refractivity contribution in [2.24, 2.45) is 10.9 Å². The molecule has 74 valence electrons. The number of hydrogen-bond acceptors (Lipinski definition) is 3. The van der Waals surface area contributed by atoms with E-state index >= 15 is 0 Å². The normalized spacial score (nSPS) is 27.2. The van der Waals surface area contributed by atoms with E-state index in [1.165, 1.54) is 12.8 Å². The van der Waals surface area contributed by atoms with Crippen molar-refractivity contribution >= 4 is 11.7 Å². The number of hydrogen-bond donors (Lipinski definition) is 0. The lowest BCUT2D eigenvalue weighted by Crippen LogP contribution is -2.09. The molecule has 0 N–H and O–H groups in total. The maximum absolute atomic E-state index is 10.9. The van der Waals surface area contributed by atoms with Crippen LogP contribution in [0, 0.1) is 5.92 Å². The van der Waals surface area contributed by atoms with Crippen LogP contribution in [0.5, 0.6) is 0 Å². The van der Waals surface area contributed by atoms with Crippen LogP contribution in [0.1, 0.15) is 33.1 Å². The molecular formula is C10H17NO2. The maximum atomic E-state index is 10.9. The first-order valence-electron chi connectivity index (χ1n) is 4.77. The summed E-state index contributed by atoms with van der Waals surface area (Å²) >= 11 is 0. The number of ether oxygens (including phenoxy) is 1. The van der Waals surface area contributed by atoms with Crippen molar-refractivity contribution in [3.63, 3.8) is 0 Å². The largest absolute Gasteiger partial charge is 0.469 e. The molecule has 1 aliphatic heterocycles. The van der Waals surface area contributed by atoms with Gasteiger partial charge in [-0.05, 0) is 25.7 Å². The van der Waals surface area contributed by atoms with Gasteiger partial charge in [0, 0.05) is 11.8 Å². The number of rotatable bonds is 3. The van der Waals surface area contributed by atoms with Gasteiger partial charge < -0.3 is 4.74 Å². The SMILES string of the molecule is COC(=O)CCC1=NC(C)CC1C. The van der Waals surface area contributed by atoms with E-state index in [4.69, 9.17) is 0 Å². The highest BCUT2D eigenvalue weighted by Gasteiger charge is 2.21. The van der Waals surface area contributed by atoms with Crippen LogP contribution in [-0.2, 0) is 9.53 Å². The maximum Gasteiger partial charge on any atom is 0.305 e. The smallest absolute Gasteiger partial charge is 0.305 e. The standard InChI is InChI=1S/C10H17NO2/c1-7-6-8(2)11-9(7)4-5-10(12)13-3/h7-8H,4-6H2,1-3H3. The predicted molar refractivity (Wildman–Crippen MR) is 51.9 cm³/mol. The number of methoxy groups -OCH3 is 1. The molecule has 0 fully saturated rings. The lowest BCUT2D eigenvalue weighted by Gasteiger charge is -2.05. The summed E-state index contributed by atoms with van der Waals surface area (Å²) in [6, 6.07) is 0.433. The summed E-state index contributed by atoms with van der Waals surface area (Å²) in [6.07, 6.45) is 2.35. The Hall–Kier alpha value is -0.860. The molecular weight excluding hydrogens is 166 g/mol. The van der Waals surface area contributed by atoms with Crippen LogP contribution >= 0.6 is 0 Å². The summed E-state index contributed by atoms with van der Waals surface area (Å²) in [4.78, 5) is 15.4. The molecule has 1 rings (SSSR count). The first-order valence-corrected chi connectivity index (χ1v) is 4.77. The Balaban J connectivity index is 2.37. The molecule has 0 saturated heterocycles. The minimum absolute atomic E-state index is 0.144. The van der Waals surface area contributed by atoms with E-state index in [9.17, 15) is 4.79 Å². The highest BCUT2D eigenvalue weighted by molar-refractivity contribution is 5.90. The van der Waals surface area contributed by atoms with Crippen LogP contribution in [0.15, 0.2) is 4.99 Å². The molecule has 2 atom stereocenters. The molecule has 1 aliphatic rings. The quantitative estimate of drug-likeness (QED) is 0.626. The molecule has 1 heterocycles. The zero-order chi connectivity index (χ0) is 9.84. The number of aliphatic imine (C=N–C) groups is 1. The van der Waals surface area contributed by atoms with Crippen LogP contribution in [0.2, 0.25) is 0 Å². The Labute approximate surface area is 79.2 Å². The first kappa shape index (κ1) is 10.2. The molecule has 0 aromatic heterocycles. The number of esters is 1. The average Bonchev–Trinajstić information content (AvgIpc) is 2.41. The van der Waals surface area contributed by atoms with E-state index < -0.39 is 0 Å². The van der Waals surface area contributed by atoms with Crippen LogP contribution in [0.4, 0.5) is 0 Å². The minimum Gasteiger partial charge on any atom is -0.469 e. The molecule has 0 aromatic carbocycles. The Bertz CT molecular complexity index is 223. The lowest BCUT2D eigenvalue weighted by atomic mass is 9.99. The summed E-state index contributed by atoms with van der Waals surface area (Å²) in [5, 5.41) is 0. The zero-order valence-electron chi connectivity index (χ0n) is 8.54. The van der Waals surface area contributed by atoms with Crippen LogP contribution < -0.4 is 0 Å². The van der Waals surface area contributed by atoms with E-state index in [1.807, 2.05) is 0 Å². The Morgan fingerprint density at radius 2 is 2.31 bits per heavy atom. The van der Waals surface area contributed by atoms with E-state index in [0.29, 0.717) is 18.4 Å². The van der Waals surface area contributed by atoms with Crippen molar-refractivity contribution < 1.29 is 9.53 Å². The molecule has 0 saturated carbocycles. The minimum atomic E-state index is -0.144. The van der Waals surface area contributed by atoms with E-state index in [1.54, 1.807) is 0 Å². The van der Waals surface area contributed by atoms with Crippen molar-refractivity contribution in [1.82, 2.24) is 0 Å². The molecule has 0 radical (unpaired) electrons. The second-order valence-electron chi connectivity index (χ2n) is 3.68. The van der Waals surface area contributed by atoms with Gasteiger partial charge in [-0.25, -0.2) is 0 Å². The summed E-state index contributed by atoms with van der Waals surface area (Å²) in [7, 11) is 1.42. The second kappa shape index (κ2) is 4.40. The number of carbonyl (C=O) groups is 1. The Kier molecular flexibility index (Phi) is 3.46. The van der Waals surface area contributed by atoms with Gasteiger partial charge in [0.05, 0.1) is 13.5 Å². The number of carbonyl (C=O) groups excluding carboxylic acids is 1. The molecule has 2 unspecified atom stereocenters. The van der Waals surface area contributed by atoms with Gasteiger partial charge >= 0.3 is 5.97 Å². The summed E-state index contributed by atoms with van der Waals surface area (Å²) < 4.78 is 4.58. The molecule has 0 aromatic rings. The Morgan fingerprint density at radius 3 is 2.77 bits per heavy atom. The zero-order valence-corrected chi connectivity index (χ0v) is 8.54. The first-order chi connectivity index (χ1) is 6.13. The molecule has 0 aliphatic carbocycles. The molecule has 0 spiro atoms. The van der Waals surface area contributed by atoms with Crippen molar-refractivity contribution in [3.05, 3.63) is 0 Å². The fourth-order valence-corrected chi connectivity index (χ4v) is 1.75. The monoisotopic (exact) mass is 183 g/mol. The van der Waals surface area contributed by atoms with Gasteiger partial charge in [-0.1, -0.05) is 6.92 Å². The average molecular weight is 183 g/mol. The molecule has 3 heteroatoms. The Morgan fingerprint density at radius 1 is 1.62 bits per heavy atom. The second-order valence-corrected chi connectivity index (χ2v) is 3.68. The fourth-order valence-electron chi connectivity index (χ4n) is 1.75. The van der Waals surface area contributed by atoms with Crippen molar-refractivity contribution in [2.75, 3.05) is 7.11 Å². The van der Waals surface area contributed by atoms with Gasteiger partial charge in [0.2, 0.25) is 0 Å². The fraction of sp³-hybridized carbons (Fsp3) is 0.800. The van der Waals surface area contributed by atoms with Crippen LogP contribution in [-0.4, -0.2) is 24.8 Å². The molecule has 13 heavy (non-hydrogen) atoms. The van der Waals surface area contributed by atoms with Gasteiger partial charge in [-0.15, -0.1) is 0 Å². The highest BCUT2D eigenvalue weighted by Crippen LogP contribution is 2.22. The van der Waals surface area contributed by atoms with Crippen molar-refractivity contribution in [2.45, 2.75) is 39.2 Å². The summed E-state index contributed by atoms with van der Waals surface area (Å²) in [6.45, 7) is 4.28. The highest BCUT2D eigenvalue weighted by atomic mass is 16.5. The van der Waals surface area contributed by atoms with Crippen LogP contribution in [0.25, 0.3) is 0 Å². The topological polar surface area (TPSA) is 38.7 Å². The van der Waals surface area contributed by atoms with E-state index in [0.717, 1.165) is 12.8 Å². The lowest BCUT2D eigenvalue weighted by molar-refractivity contribution is -0.140. The third-order valence-electron chi connectivity index (χ3n) is 2.46. The van der Waals surface area contributed by atoms with Gasteiger partial charge in [0.15, 0.2) is 0 Å². The number of nitrogens with zero attached hydrogens (tertiary/aromatic N) is 1. The van der Waals surface area contributed by atoms with Gasteiger partial charge in [0.1, 0.15) is 0 Å². The van der Waals surface area contributed by atoms with Gasteiger partial charge in [-0.2, -0.15) is 0 Å². The predicted octanol–water partition coefficient (Wildman–Crippen LogP) is 1.81. The molecule has 3 nitrogen and oxygen atoms in total. The summed E-state index contributed by atoms with van der Waals surface area (Å²) in [5.74, 6) is 0.397. The van der Waals surface area contributed by atoms with Gasteiger partial charge in [-0.3, -0.25) is 9.79 Å². The molecule has 0 amide bonds. The van der Waals surface area contributed by atoms with Gasteiger partial charge in [0.25, 0.3) is 0 Å². The third-order valence-corrected chi connectivity index (χ3v) is 2.46. The van der Waals surface area contributed by atoms with Crippen molar-refractivity contribution in [3.8, 4) is 0 Å².